The molecule has 0 aliphatic carbocycles. The Kier molecular flexibility index (Phi) is 3.61. The summed E-state index contributed by atoms with van der Waals surface area (Å²) in [5, 5.41) is 18.5. The average Bonchev–Trinajstić information content (AvgIpc) is 2.40. The quantitative estimate of drug-likeness (QED) is 0.503. The zero-order valence-corrected chi connectivity index (χ0v) is 10.4. The number of carbonyl (C=O) groups excluding carboxylic acids is 1. The standard InChI is InChI=1S/C15H13NO3/c1-10(17)12-3-5-13(6-4-12)16-9-11-2-7-14(18)15(19)8-11/h2-9,18-19H,1H3. The summed E-state index contributed by atoms with van der Waals surface area (Å²) in [6, 6.07) is 11.4. The Morgan fingerprint density at radius 2 is 1.74 bits per heavy atom. The fraction of sp³-hybridized carbons (Fsp3) is 0.0667. The van der Waals surface area contributed by atoms with E-state index in [0.717, 1.165) is 0 Å². The molecule has 4 heteroatoms. The van der Waals surface area contributed by atoms with Crippen molar-refractivity contribution in [3.05, 3.63) is 53.6 Å². The molecule has 96 valence electrons. The first-order valence-corrected chi connectivity index (χ1v) is 5.73. The number of carbonyl (C=O) groups is 1. The van der Waals surface area contributed by atoms with Crippen LogP contribution < -0.4 is 0 Å². The molecular weight excluding hydrogens is 242 g/mol. The Labute approximate surface area is 110 Å². The van der Waals surface area contributed by atoms with Crippen LogP contribution in [0, 0.1) is 0 Å². The molecule has 0 aliphatic heterocycles. The first-order chi connectivity index (χ1) is 9.06. The number of Topliss-reactive ketones (excluding diaryl/α,β-unsaturated/α-hetero) is 1. The third-order valence-electron chi connectivity index (χ3n) is 2.64. The van der Waals surface area contributed by atoms with Gasteiger partial charge in [-0.25, -0.2) is 0 Å². The Hall–Kier alpha value is -2.62. The number of ketones is 1. The molecule has 0 heterocycles. The molecule has 19 heavy (non-hydrogen) atoms. The summed E-state index contributed by atoms with van der Waals surface area (Å²) in [6.07, 6.45) is 1.57. The fourth-order valence-corrected chi connectivity index (χ4v) is 1.55. The Balaban J connectivity index is 2.17. The van der Waals surface area contributed by atoms with E-state index in [4.69, 9.17) is 0 Å². The molecular formula is C15H13NO3. The number of hydrogen-bond acceptors (Lipinski definition) is 4. The van der Waals surface area contributed by atoms with Crippen molar-refractivity contribution >= 4 is 17.7 Å². The number of phenols is 2. The van der Waals surface area contributed by atoms with Gasteiger partial charge in [-0.3, -0.25) is 9.79 Å². The molecule has 4 nitrogen and oxygen atoms in total. The molecule has 0 amide bonds. The number of rotatable bonds is 3. The highest BCUT2D eigenvalue weighted by molar-refractivity contribution is 5.94. The summed E-state index contributed by atoms with van der Waals surface area (Å²) in [5.74, 6) is -0.335. The minimum atomic E-state index is -0.184. The van der Waals surface area contributed by atoms with Crippen molar-refractivity contribution in [3.8, 4) is 11.5 Å². The van der Waals surface area contributed by atoms with Gasteiger partial charge in [0, 0.05) is 11.8 Å². The molecule has 0 bridgehead atoms. The minimum absolute atomic E-state index is 0.0130. The molecule has 0 unspecified atom stereocenters. The van der Waals surface area contributed by atoms with Crippen LogP contribution in [-0.2, 0) is 0 Å². The highest BCUT2D eigenvalue weighted by Gasteiger charge is 1.99. The number of aromatic hydroxyl groups is 2. The molecule has 0 saturated carbocycles. The molecule has 0 fully saturated rings. The van der Waals surface area contributed by atoms with Crippen LogP contribution in [0.15, 0.2) is 47.5 Å². The van der Waals surface area contributed by atoms with Gasteiger partial charge in [-0.2, -0.15) is 0 Å². The van der Waals surface area contributed by atoms with Crippen molar-refractivity contribution in [1.82, 2.24) is 0 Å². The highest BCUT2D eigenvalue weighted by atomic mass is 16.3. The van der Waals surface area contributed by atoms with Gasteiger partial charge < -0.3 is 10.2 Å². The van der Waals surface area contributed by atoms with Crippen molar-refractivity contribution < 1.29 is 15.0 Å². The summed E-state index contributed by atoms with van der Waals surface area (Å²) in [6.45, 7) is 1.51. The summed E-state index contributed by atoms with van der Waals surface area (Å²) in [5.41, 5.74) is 2.02. The normalized spacial score (nSPS) is 10.8. The van der Waals surface area contributed by atoms with Crippen molar-refractivity contribution in [2.75, 3.05) is 0 Å². The van der Waals surface area contributed by atoms with Gasteiger partial charge in [0.2, 0.25) is 0 Å². The van der Waals surface area contributed by atoms with Crippen molar-refractivity contribution in [1.29, 1.82) is 0 Å². The predicted octanol–water partition coefficient (Wildman–Crippen LogP) is 3.05. The SMILES string of the molecule is CC(=O)c1ccc(N=Cc2ccc(O)c(O)c2)cc1. The Bertz CT molecular complexity index is 630. The summed E-state index contributed by atoms with van der Waals surface area (Å²) < 4.78 is 0. The maximum Gasteiger partial charge on any atom is 0.159 e. The van der Waals surface area contributed by atoms with Crippen LogP contribution in [0.25, 0.3) is 0 Å². The van der Waals surface area contributed by atoms with Crippen LogP contribution >= 0.6 is 0 Å². The van der Waals surface area contributed by atoms with Gasteiger partial charge in [-0.15, -0.1) is 0 Å². The van der Waals surface area contributed by atoms with E-state index >= 15 is 0 Å². The summed E-state index contributed by atoms with van der Waals surface area (Å²) in [4.78, 5) is 15.3. The van der Waals surface area contributed by atoms with E-state index in [2.05, 4.69) is 4.99 Å². The van der Waals surface area contributed by atoms with Crippen LogP contribution in [0.2, 0.25) is 0 Å². The lowest BCUT2D eigenvalue weighted by atomic mass is 10.1. The van der Waals surface area contributed by atoms with Crippen LogP contribution in [0.1, 0.15) is 22.8 Å². The maximum absolute atomic E-state index is 11.1. The van der Waals surface area contributed by atoms with E-state index in [1.54, 1.807) is 36.5 Å². The van der Waals surface area contributed by atoms with E-state index in [9.17, 15) is 15.0 Å². The zero-order chi connectivity index (χ0) is 13.8. The van der Waals surface area contributed by atoms with Gasteiger partial charge in [0.15, 0.2) is 17.3 Å². The molecule has 0 aliphatic rings. The number of phenolic OH excluding ortho intramolecular Hbond substituents is 2. The lowest BCUT2D eigenvalue weighted by Crippen LogP contribution is -1.89. The van der Waals surface area contributed by atoms with Gasteiger partial charge in [-0.05, 0) is 55.0 Å². The maximum atomic E-state index is 11.1. The van der Waals surface area contributed by atoms with Crippen LogP contribution in [-0.4, -0.2) is 22.2 Å². The van der Waals surface area contributed by atoms with E-state index in [0.29, 0.717) is 16.8 Å². The van der Waals surface area contributed by atoms with Gasteiger partial charge in [0.1, 0.15) is 0 Å². The molecule has 2 aromatic carbocycles. The topological polar surface area (TPSA) is 69.9 Å². The van der Waals surface area contributed by atoms with E-state index < -0.39 is 0 Å². The monoisotopic (exact) mass is 255 g/mol. The van der Waals surface area contributed by atoms with Crippen LogP contribution in [0.3, 0.4) is 0 Å². The third-order valence-corrected chi connectivity index (χ3v) is 2.64. The molecule has 2 aromatic rings. The van der Waals surface area contributed by atoms with Gasteiger partial charge in [0.25, 0.3) is 0 Å². The molecule has 0 aromatic heterocycles. The van der Waals surface area contributed by atoms with Gasteiger partial charge in [-0.1, -0.05) is 0 Å². The summed E-state index contributed by atoms with van der Waals surface area (Å²) in [7, 11) is 0. The van der Waals surface area contributed by atoms with Crippen LogP contribution in [0.5, 0.6) is 11.5 Å². The van der Waals surface area contributed by atoms with Crippen molar-refractivity contribution in [3.63, 3.8) is 0 Å². The minimum Gasteiger partial charge on any atom is -0.504 e. The third kappa shape index (κ3) is 3.19. The van der Waals surface area contributed by atoms with Gasteiger partial charge >= 0.3 is 0 Å². The number of aliphatic imine (C=N–C) groups is 1. The highest BCUT2D eigenvalue weighted by Crippen LogP contribution is 2.24. The average molecular weight is 255 g/mol. The Morgan fingerprint density at radius 1 is 1.05 bits per heavy atom. The first kappa shape index (κ1) is 12.8. The zero-order valence-electron chi connectivity index (χ0n) is 10.4. The fourth-order valence-electron chi connectivity index (χ4n) is 1.55. The molecule has 0 saturated heterocycles. The molecule has 0 radical (unpaired) electrons. The number of benzene rings is 2. The van der Waals surface area contributed by atoms with Gasteiger partial charge in [0.05, 0.1) is 5.69 Å². The number of nitrogens with zero attached hydrogens (tertiary/aromatic N) is 1. The molecule has 0 atom stereocenters. The molecule has 2 rings (SSSR count). The second-order valence-electron chi connectivity index (χ2n) is 4.11. The predicted molar refractivity (Wildman–Crippen MR) is 73.5 cm³/mol. The Morgan fingerprint density at radius 3 is 2.32 bits per heavy atom. The smallest absolute Gasteiger partial charge is 0.159 e. The van der Waals surface area contributed by atoms with Crippen molar-refractivity contribution in [2.45, 2.75) is 6.92 Å². The largest absolute Gasteiger partial charge is 0.504 e. The lowest BCUT2D eigenvalue weighted by Gasteiger charge is -1.99. The molecule has 0 spiro atoms. The second kappa shape index (κ2) is 5.35. The number of hydrogen-bond donors (Lipinski definition) is 2. The summed E-state index contributed by atoms with van der Waals surface area (Å²) >= 11 is 0. The van der Waals surface area contributed by atoms with E-state index in [-0.39, 0.29) is 17.3 Å². The van der Waals surface area contributed by atoms with E-state index in [1.807, 2.05) is 0 Å². The van der Waals surface area contributed by atoms with Crippen LogP contribution in [0.4, 0.5) is 5.69 Å². The molecule has 2 N–H and O–H groups in total. The lowest BCUT2D eigenvalue weighted by molar-refractivity contribution is 0.101. The second-order valence-corrected chi connectivity index (χ2v) is 4.11. The first-order valence-electron chi connectivity index (χ1n) is 5.73. The van der Waals surface area contributed by atoms with E-state index in [1.165, 1.54) is 19.1 Å². The van der Waals surface area contributed by atoms with Crippen molar-refractivity contribution in [2.24, 2.45) is 4.99 Å².